The first-order chi connectivity index (χ1) is 10.1. The highest BCUT2D eigenvalue weighted by Gasteiger charge is 2.38. The predicted molar refractivity (Wildman–Crippen MR) is 78.1 cm³/mol. The fraction of sp³-hybridized carbons (Fsp3) is 0.562. The summed E-state index contributed by atoms with van der Waals surface area (Å²) in [5.41, 5.74) is 2.70. The number of aryl methyl sites for hydroxylation is 2. The number of carboxylic acid groups (broad SMARTS) is 1. The molecule has 0 saturated carbocycles. The van der Waals surface area contributed by atoms with E-state index in [1.807, 2.05) is 13.0 Å². The van der Waals surface area contributed by atoms with Crippen LogP contribution in [0.15, 0.2) is 6.07 Å². The summed E-state index contributed by atoms with van der Waals surface area (Å²) in [5.74, 6) is -0.190. The Kier molecular flexibility index (Phi) is 3.54. The third-order valence-corrected chi connectivity index (χ3v) is 4.63. The number of nitrogens with zero attached hydrogens (tertiary/aromatic N) is 3. The van der Waals surface area contributed by atoms with E-state index in [0.717, 1.165) is 43.4 Å². The number of fused-ring (bicyclic) bond motifs is 1. The molecule has 2 atom stereocenters. The molecule has 1 aromatic heterocycles. The van der Waals surface area contributed by atoms with Gasteiger partial charge in [0.1, 0.15) is 17.9 Å². The molecule has 110 valence electrons. The number of carbonyl (C=O) groups is 1. The maximum absolute atomic E-state index is 11.5. The quantitative estimate of drug-likeness (QED) is 0.900. The first-order valence-electron chi connectivity index (χ1n) is 7.54. The zero-order valence-electron chi connectivity index (χ0n) is 12.2. The largest absolute Gasteiger partial charge is 0.480 e. The molecule has 0 spiro atoms. The first kappa shape index (κ1) is 13.9. The van der Waals surface area contributed by atoms with Gasteiger partial charge < -0.3 is 10.0 Å². The molecule has 1 fully saturated rings. The summed E-state index contributed by atoms with van der Waals surface area (Å²) in [6.07, 6.45) is 4.97. The number of rotatable bonds is 2. The van der Waals surface area contributed by atoms with Gasteiger partial charge in [-0.15, -0.1) is 0 Å². The van der Waals surface area contributed by atoms with Crippen LogP contribution in [-0.4, -0.2) is 28.6 Å². The molecule has 0 aromatic carbocycles. The number of aromatic nitrogens is 1. The number of aliphatic carboxylic acids is 1. The Bertz CT molecular complexity index is 621. The topological polar surface area (TPSA) is 77.2 Å². The standard InChI is InChI=1S/C16H19N3O2/c1-10-6-7-19(14(10)16(20)21)15-12(9-17)8-11-4-2-3-5-13(11)18-15/h8,10,14H,2-7H2,1H3,(H,20,21). The van der Waals surface area contributed by atoms with Gasteiger partial charge in [-0.05, 0) is 49.7 Å². The van der Waals surface area contributed by atoms with Gasteiger partial charge in [-0.3, -0.25) is 0 Å². The second-order valence-electron chi connectivity index (χ2n) is 6.03. The third kappa shape index (κ3) is 2.35. The van der Waals surface area contributed by atoms with E-state index in [-0.39, 0.29) is 5.92 Å². The van der Waals surface area contributed by atoms with Crippen LogP contribution in [0, 0.1) is 17.2 Å². The number of pyridine rings is 1. The van der Waals surface area contributed by atoms with Crippen LogP contribution in [0.2, 0.25) is 0 Å². The smallest absolute Gasteiger partial charge is 0.326 e. The van der Waals surface area contributed by atoms with E-state index >= 15 is 0 Å². The van der Waals surface area contributed by atoms with E-state index in [2.05, 4.69) is 11.1 Å². The average molecular weight is 285 g/mol. The van der Waals surface area contributed by atoms with E-state index in [1.54, 1.807) is 4.90 Å². The lowest BCUT2D eigenvalue weighted by Gasteiger charge is -2.27. The number of hydrogen-bond acceptors (Lipinski definition) is 4. The van der Waals surface area contributed by atoms with Crippen molar-refractivity contribution in [1.29, 1.82) is 5.26 Å². The number of hydrogen-bond donors (Lipinski definition) is 1. The Morgan fingerprint density at radius 3 is 2.95 bits per heavy atom. The lowest BCUT2D eigenvalue weighted by molar-refractivity contribution is -0.139. The van der Waals surface area contributed by atoms with Crippen LogP contribution in [0.4, 0.5) is 5.82 Å². The van der Waals surface area contributed by atoms with Crippen LogP contribution in [0.5, 0.6) is 0 Å². The fourth-order valence-electron chi connectivity index (χ4n) is 3.49. The monoisotopic (exact) mass is 285 g/mol. The van der Waals surface area contributed by atoms with Gasteiger partial charge in [-0.1, -0.05) is 6.92 Å². The molecule has 0 bridgehead atoms. The van der Waals surface area contributed by atoms with Crippen LogP contribution in [-0.2, 0) is 17.6 Å². The average Bonchev–Trinajstić information content (AvgIpc) is 2.87. The molecule has 3 rings (SSSR count). The SMILES string of the molecule is CC1CCN(c2nc3c(cc2C#N)CCCC3)C1C(=O)O. The minimum Gasteiger partial charge on any atom is -0.480 e. The Morgan fingerprint density at radius 1 is 1.48 bits per heavy atom. The molecule has 5 nitrogen and oxygen atoms in total. The summed E-state index contributed by atoms with van der Waals surface area (Å²) in [6, 6.07) is 3.54. The molecule has 0 radical (unpaired) electrons. The van der Waals surface area contributed by atoms with Crippen molar-refractivity contribution in [3.8, 4) is 6.07 Å². The summed E-state index contributed by atoms with van der Waals surface area (Å²) >= 11 is 0. The van der Waals surface area contributed by atoms with Crippen LogP contribution in [0.25, 0.3) is 0 Å². The molecule has 2 aliphatic rings. The number of nitriles is 1. The summed E-state index contributed by atoms with van der Waals surface area (Å²) in [7, 11) is 0. The Balaban J connectivity index is 2.05. The van der Waals surface area contributed by atoms with Gasteiger partial charge in [-0.25, -0.2) is 9.78 Å². The predicted octanol–water partition coefficient (Wildman–Crippen LogP) is 2.13. The second-order valence-corrected chi connectivity index (χ2v) is 6.03. The Morgan fingerprint density at radius 2 is 2.24 bits per heavy atom. The zero-order valence-corrected chi connectivity index (χ0v) is 12.2. The van der Waals surface area contributed by atoms with Crippen LogP contribution < -0.4 is 4.90 Å². The minimum atomic E-state index is -0.830. The van der Waals surface area contributed by atoms with E-state index < -0.39 is 12.0 Å². The molecular formula is C16H19N3O2. The molecule has 1 N–H and O–H groups in total. The van der Waals surface area contributed by atoms with Crippen molar-refractivity contribution in [2.75, 3.05) is 11.4 Å². The molecule has 21 heavy (non-hydrogen) atoms. The molecule has 0 amide bonds. The van der Waals surface area contributed by atoms with Crippen LogP contribution in [0.3, 0.4) is 0 Å². The molecule has 2 heterocycles. The summed E-state index contributed by atoms with van der Waals surface area (Å²) in [5, 5.41) is 18.9. The molecule has 1 aliphatic heterocycles. The molecule has 2 unspecified atom stereocenters. The molecule has 1 saturated heterocycles. The van der Waals surface area contributed by atoms with Crippen molar-refractivity contribution < 1.29 is 9.90 Å². The van der Waals surface area contributed by atoms with Crippen molar-refractivity contribution in [3.05, 3.63) is 22.9 Å². The van der Waals surface area contributed by atoms with Gasteiger partial charge in [0, 0.05) is 12.2 Å². The maximum atomic E-state index is 11.5. The number of anilines is 1. The Hall–Kier alpha value is -2.09. The first-order valence-corrected chi connectivity index (χ1v) is 7.54. The minimum absolute atomic E-state index is 0.0758. The summed E-state index contributed by atoms with van der Waals surface area (Å²) in [4.78, 5) is 18.0. The van der Waals surface area contributed by atoms with Crippen LogP contribution >= 0.6 is 0 Å². The van der Waals surface area contributed by atoms with Gasteiger partial charge in [0.2, 0.25) is 0 Å². The highest BCUT2D eigenvalue weighted by molar-refractivity contribution is 5.80. The lowest BCUT2D eigenvalue weighted by Crippen LogP contribution is -2.40. The van der Waals surface area contributed by atoms with Gasteiger partial charge in [0.25, 0.3) is 0 Å². The summed E-state index contributed by atoms with van der Waals surface area (Å²) in [6.45, 7) is 2.60. The second kappa shape index (κ2) is 5.36. The van der Waals surface area contributed by atoms with Crippen molar-refractivity contribution in [2.24, 2.45) is 5.92 Å². The van der Waals surface area contributed by atoms with Crippen molar-refractivity contribution in [3.63, 3.8) is 0 Å². The fourth-order valence-corrected chi connectivity index (χ4v) is 3.49. The van der Waals surface area contributed by atoms with E-state index in [4.69, 9.17) is 0 Å². The normalized spacial score (nSPS) is 24.5. The van der Waals surface area contributed by atoms with Gasteiger partial charge >= 0.3 is 5.97 Å². The molecular weight excluding hydrogens is 266 g/mol. The molecule has 1 aliphatic carbocycles. The highest BCUT2D eigenvalue weighted by Crippen LogP contribution is 2.33. The summed E-state index contributed by atoms with van der Waals surface area (Å²) < 4.78 is 0. The van der Waals surface area contributed by atoms with E-state index in [9.17, 15) is 15.2 Å². The van der Waals surface area contributed by atoms with E-state index in [1.165, 1.54) is 0 Å². The maximum Gasteiger partial charge on any atom is 0.326 e. The lowest BCUT2D eigenvalue weighted by atomic mass is 9.94. The van der Waals surface area contributed by atoms with Gasteiger partial charge in [-0.2, -0.15) is 5.26 Å². The zero-order chi connectivity index (χ0) is 15.0. The van der Waals surface area contributed by atoms with Gasteiger partial charge in [0.15, 0.2) is 0 Å². The van der Waals surface area contributed by atoms with E-state index in [0.29, 0.717) is 17.9 Å². The Labute approximate surface area is 124 Å². The highest BCUT2D eigenvalue weighted by atomic mass is 16.4. The van der Waals surface area contributed by atoms with Crippen LogP contribution in [0.1, 0.15) is 43.0 Å². The van der Waals surface area contributed by atoms with Crippen molar-refractivity contribution in [1.82, 2.24) is 4.98 Å². The molecule has 1 aromatic rings. The third-order valence-electron chi connectivity index (χ3n) is 4.63. The van der Waals surface area contributed by atoms with Crippen molar-refractivity contribution >= 4 is 11.8 Å². The van der Waals surface area contributed by atoms with Gasteiger partial charge in [0.05, 0.1) is 5.56 Å². The van der Waals surface area contributed by atoms with Crippen molar-refractivity contribution in [2.45, 2.75) is 45.1 Å². The number of carboxylic acids is 1. The molecule has 5 heteroatoms.